The summed E-state index contributed by atoms with van der Waals surface area (Å²) in [6.45, 7) is 12.5. The van der Waals surface area contributed by atoms with Crippen LogP contribution in [-0.2, 0) is 30.9 Å². The lowest BCUT2D eigenvalue weighted by molar-refractivity contribution is 0.0692. The van der Waals surface area contributed by atoms with E-state index in [1.165, 1.54) is 0 Å². The molecule has 0 fully saturated rings. The zero-order valence-corrected chi connectivity index (χ0v) is 33.1. The summed E-state index contributed by atoms with van der Waals surface area (Å²) in [6.07, 6.45) is 1.83. The number of nitrogens with one attached hydrogen (secondary N) is 4. The normalized spacial score (nSPS) is 12.3. The van der Waals surface area contributed by atoms with E-state index in [-0.39, 0.29) is 26.3 Å². The average molecular weight is 777 g/mol. The maximum atomic E-state index is 13.0. The first kappa shape index (κ1) is 38.9. The van der Waals surface area contributed by atoms with Crippen LogP contribution in [0.4, 0.5) is 11.4 Å². The molecule has 0 atom stereocenters. The first-order valence-electron chi connectivity index (χ1n) is 17.6. The molecule has 0 spiro atoms. The molecular formula is C43H44N4O6S2. The highest BCUT2D eigenvalue weighted by Gasteiger charge is 2.22. The number of carboxylic acids is 1. The number of aromatic nitrogens is 2. The van der Waals surface area contributed by atoms with Crippen LogP contribution < -0.4 is 9.44 Å². The summed E-state index contributed by atoms with van der Waals surface area (Å²) in [5.41, 5.74) is 5.86. The second-order valence-electron chi connectivity index (χ2n) is 15.3. The third-order valence-electron chi connectivity index (χ3n) is 9.19. The predicted octanol–water partition coefficient (Wildman–Crippen LogP) is 9.90. The van der Waals surface area contributed by atoms with Crippen LogP contribution in [0.1, 0.15) is 63.2 Å². The topological polar surface area (TPSA) is 161 Å². The maximum absolute atomic E-state index is 13.0. The van der Waals surface area contributed by atoms with Gasteiger partial charge in [-0.05, 0) is 94.3 Å². The number of H-pyrrole nitrogens is 2. The first-order chi connectivity index (χ1) is 25.8. The van der Waals surface area contributed by atoms with E-state index in [9.17, 15) is 26.7 Å². The Labute approximate surface area is 321 Å². The Morgan fingerprint density at radius 2 is 1.09 bits per heavy atom. The van der Waals surface area contributed by atoms with Crippen molar-refractivity contribution in [1.82, 2.24) is 9.97 Å². The molecule has 284 valence electrons. The number of hydrogen-bond acceptors (Lipinski definition) is 5. The largest absolute Gasteiger partial charge is 0.477 e. The van der Waals surface area contributed by atoms with Crippen LogP contribution in [-0.4, -0.2) is 37.9 Å². The van der Waals surface area contributed by atoms with Crippen LogP contribution in [0.15, 0.2) is 137 Å². The van der Waals surface area contributed by atoms with Crippen LogP contribution in [0.25, 0.3) is 32.9 Å². The number of fused-ring (bicyclic) bond motifs is 2. The Morgan fingerprint density at radius 1 is 0.600 bits per heavy atom. The van der Waals surface area contributed by atoms with Gasteiger partial charge in [0, 0.05) is 44.9 Å². The Balaban J connectivity index is 0.000000197. The first-order valence-corrected chi connectivity index (χ1v) is 20.6. The molecule has 5 aromatic carbocycles. The van der Waals surface area contributed by atoms with Gasteiger partial charge in [0.25, 0.3) is 20.0 Å². The molecular weight excluding hydrogens is 733 g/mol. The minimum Gasteiger partial charge on any atom is -0.477 e. The van der Waals surface area contributed by atoms with Crippen LogP contribution in [0.5, 0.6) is 0 Å². The summed E-state index contributed by atoms with van der Waals surface area (Å²) in [5, 5.41) is 11.3. The molecule has 55 heavy (non-hydrogen) atoms. The van der Waals surface area contributed by atoms with E-state index in [1.54, 1.807) is 48.5 Å². The molecule has 0 radical (unpaired) electrons. The molecule has 0 saturated carbocycles. The van der Waals surface area contributed by atoms with Gasteiger partial charge < -0.3 is 15.1 Å². The predicted molar refractivity (Wildman–Crippen MR) is 221 cm³/mol. The minimum atomic E-state index is -3.81. The average Bonchev–Trinajstić information content (AvgIpc) is 3.76. The maximum Gasteiger partial charge on any atom is 0.352 e. The zero-order valence-electron chi connectivity index (χ0n) is 31.4. The number of hydrogen-bond donors (Lipinski definition) is 5. The van der Waals surface area contributed by atoms with Gasteiger partial charge in [0.2, 0.25) is 0 Å². The summed E-state index contributed by atoms with van der Waals surface area (Å²) in [4.78, 5) is 18.3. The highest BCUT2D eigenvalue weighted by molar-refractivity contribution is 7.93. The molecule has 12 heteroatoms. The number of aromatic carboxylic acids is 1. The second kappa shape index (κ2) is 14.8. The highest BCUT2D eigenvalue weighted by Crippen LogP contribution is 2.35. The van der Waals surface area contributed by atoms with Crippen molar-refractivity contribution in [2.45, 2.75) is 62.2 Å². The van der Waals surface area contributed by atoms with Gasteiger partial charge in [-0.25, -0.2) is 21.6 Å². The van der Waals surface area contributed by atoms with Crippen molar-refractivity contribution in [3.05, 3.63) is 144 Å². The van der Waals surface area contributed by atoms with Gasteiger partial charge in [-0.2, -0.15) is 0 Å². The second-order valence-corrected chi connectivity index (χ2v) is 18.7. The fourth-order valence-electron chi connectivity index (χ4n) is 6.13. The summed E-state index contributed by atoms with van der Waals surface area (Å²) in [6, 6.07) is 35.3. The SMILES string of the molecule is CC(C)(C)c1ccc(S(=O)(=O)Nc2ccc3[nH]c(C(=O)O)c(-c4ccccc4)c3c2)cc1.CC(C)(C)c1ccc(S(=O)(=O)Nc2ccc3[nH]ccc3c2)cc1. The van der Waals surface area contributed by atoms with Gasteiger partial charge in [-0.3, -0.25) is 9.44 Å². The van der Waals surface area contributed by atoms with Gasteiger partial charge in [-0.1, -0.05) is 96.1 Å². The van der Waals surface area contributed by atoms with E-state index < -0.39 is 26.0 Å². The van der Waals surface area contributed by atoms with Gasteiger partial charge in [0.15, 0.2) is 0 Å². The number of carbonyl (C=O) groups is 1. The lowest BCUT2D eigenvalue weighted by Crippen LogP contribution is -2.14. The number of benzene rings is 5. The number of sulfonamides is 2. The summed E-state index contributed by atoms with van der Waals surface area (Å²) < 4.78 is 56.2. The summed E-state index contributed by atoms with van der Waals surface area (Å²) in [5.74, 6) is -1.08. The molecule has 7 rings (SSSR count). The standard InChI is InChI=1S/C25H24N2O4S.C18H20N2O2S/c1-25(2,3)17-9-12-19(13-10-17)32(30,31)27-18-11-14-21-20(15-18)22(23(26-21)24(28)29)16-7-5-4-6-8-16;1-18(2,3)14-4-7-16(8-5-14)23(21,22)20-15-6-9-17-13(12-15)10-11-19-17/h4-15,26-27H,1-3H3,(H,28,29);4-12,19-20H,1-3H3. The van der Waals surface area contributed by atoms with E-state index in [0.29, 0.717) is 27.8 Å². The van der Waals surface area contributed by atoms with Crippen molar-refractivity contribution in [2.24, 2.45) is 0 Å². The van der Waals surface area contributed by atoms with Crippen molar-refractivity contribution in [2.75, 3.05) is 9.44 Å². The van der Waals surface area contributed by atoms with Crippen molar-refractivity contribution < 1.29 is 26.7 Å². The van der Waals surface area contributed by atoms with Gasteiger partial charge in [0.05, 0.1) is 9.79 Å². The van der Waals surface area contributed by atoms with Gasteiger partial charge >= 0.3 is 5.97 Å². The molecule has 2 aromatic heterocycles. The Hall–Kier alpha value is -5.85. The zero-order chi connectivity index (χ0) is 39.8. The molecule has 10 nitrogen and oxygen atoms in total. The van der Waals surface area contributed by atoms with E-state index in [1.807, 2.05) is 79.0 Å². The monoisotopic (exact) mass is 776 g/mol. The molecule has 0 aliphatic rings. The Morgan fingerprint density at radius 3 is 1.58 bits per heavy atom. The lowest BCUT2D eigenvalue weighted by Gasteiger charge is -2.19. The summed E-state index contributed by atoms with van der Waals surface area (Å²) in [7, 11) is -7.40. The minimum absolute atomic E-state index is 0.00492. The number of rotatable bonds is 8. The smallest absolute Gasteiger partial charge is 0.352 e. The van der Waals surface area contributed by atoms with Crippen molar-refractivity contribution in [3.8, 4) is 11.1 Å². The Bertz CT molecular complexity index is 2700. The van der Waals surface area contributed by atoms with Crippen LogP contribution in [0.3, 0.4) is 0 Å². The molecule has 5 N–H and O–H groups in total. The third-order valence-corrected chi connectivity index (χ3v) is 12.0. The van der Waals surface area contributed by atoms with E-state index in [0.717, 1.165) is 27.6 Å². The molecule has 0 aliphatic heterocycles. The quantitative estimate of drug-likeness (QED) is 0.103. The van der Waals surface area contributed by atoms with E-state index >= 15 is 0 Å². The molecule has 0 unspecified atom stereocenters. The summed E-state index contributed by atoms with van der Waals surface area (Å²) >= 11 is 0. The van der Waals surface area contributed by atoms with Gasteiger partial charge in [0.1, 0.15) is 5.69 Å². The van der Waals surface area contributed by atoms with Crippen LogP contribution in [0, 0.1) is 0 Å². The number of anilines is 2. The van der Waals surface area contributed by atoms with E-state index in [4.69, 9.17) is 0 Å². The molecule has 0 aliphatic carbocycles. The molecule has 7 aromatic rings. The van der Waals surface area contributed by atoms with Crippen LogP contribution >= 0.6 is 0 Å². The lowest BCUT2D eigenvalue weighted by atomic mass is 9.87. The van der Waals surface area contributed by atoms with E-state index in [2.05, 4.69) is 61.0 Å². The third kappa shape index (κ3) is 8.77. The fraction of sp³-hybridized carbons (Fsp3) is 0.186. The molecule has 2 heterocycles. The van der Waals surface area contributed by atoms with Crippen molar-refractivity contribution in [3.63, 3.8) is 0 Å². The molecule has 0 bridgehead atoms. The Kier molecular flexibility index (Phi) is 10.4. The number of aromatic amines is 2. The van der Waals surface area contributed by atoms with Crippen molar-refractivity contribution >= 4 is 59.2 Å². The van der Waals surface area contributed by atoms with Gasteiger partial charge in [-0.15, -0.1) is 0 Å². The van der Waals surface area contributed by atoms with Crippen LogP contribution in [0.2, 0.25) is 0 Å². The van der Waals surface area contributed by atoms with Crippen molar-refractivity contribution in [1.29, 1.82) is 0 Å². The number of carboxylic acid groups (broad SMARTS) is 1. The molecule has 0 saturated heterocycles. The highest BCUT2D eigenvalue weighted by atomic mass is 32.2. The molecule has 0 amide bonds. The fourth-order valence-corrected chi connectivity index (χ4v) is 8.23.